The summed E-state index contributed by atoms with van der Waals surface area (Å²) >= 11 is 6.78. The minimum atomic E-state index is -0.705. The molecule has 1 rings (SSSR count). The summed E-state index contributed by atoms with van der Waals surface area (Å²) in [6.07, 6.45) is 1.23. The Hall–Kier alpha value is -0.390. The highest BCUT2D eigenvalue weighted by Crippen LogP contribution is 2.29. The molecule has 1 heterocycles. The number of thioether (sulfide) groups is 1. The maximum Gasteiger partial charge on any atom is 0.231 e. The summed E-state index contributed by atoms with van der Waals surface area (Å²) in [6, 6.07) is 0.160. The van der Waals surface area contributed by atoms with Crippen LogP contribution in [0.15, 0.2) is 11.6 Å². The van der Waals surface area contributed by atoms with Crippen molar-refractivity contribution in [1.82, 2.24) is 4.90 Å². The van der Waals surface area contributed by atoms with Crippen molar-refractivity contribution in [1.29, 1.82) is 0 Å². The molecule has 2 atom stereocenters. The number of nitrogens with zero attached hydrogens (tertiary/aromatic N) is 1. The van der Waals surface area contributed by atoms with E-state index in [1.165, 1.54) is 0 Å². The van der Waals surface area contributed by atoms with Gasteiger partial charge in [-0.25, -0.2) is 0 Å². The zero-order chi connectivity index (χ0) is 13.9. The van der Waals surface area contributed by atoms with Crippen LogP contribution < -0.4 is 0 Å². The minimum absolute atomic E-state index is 0.0719. The zero-order valence-electron chi connectivity index (χ0n) is 11.3. The second-order valence-electron chi connectivity index (χ2n) is 4.90. The molecular weight excluding hydrogens is 266 g/mol. The average Bonchev–Trinajstić information content (AvgIpc) is 2.69. The van der Waals surface area contributed by atoms with Gasteiger partial charge in [-0.2, -0.15) is 0 Å². The lowest BCUT2D eigenvalue weighted by molar-refractivity contribution is -0.130. The van der Waals surface area contributed by atoms with E-state index in [4.69, 9.17) is 12.2 Å². The van der Waals surface area contributed by atoms with E-state index < -0.39 is 6.10 Å². The summed E-state index contributed by atoms with van der Waals surface area (Å²) in [5.41, 5.74) is 0.821. The summed E-state index contributed by atoms with van der Waals surface area (Å²) in [7, 11) is 0. The van der Waals surface area contributed by atoms with E-state index in [1.54, 1.807) is 16.7 Å². The molecule has 3 nitrogen and oxygen atoms in total. The fourth-order valence-corrected chi connectivity index (χ4v) is 3.50. The van der Waals surface area contributed by atoms with Gasteiger partial charge < -0.3 is 5.11 Å². The molecule has 1 aliphatic heterocycles. The predicted octanol–water partition coefficient (Wildman–Crippen LogP) is 2.59. The van der Waals surface area contributed by atoms with Crippen LogP contribution in [0.4, 0.5) is 0 Å². The molecule has 1 saturated heterocycles. The summed E-state index contributed by atoms with van der Waals surface area (Å²) in [5.74, 6) is 1.17. The molecule has 0 aliphatic carbocycles. The number of rotatable bonds is 4. The van der Waals surface area contributed by atoms with Gasteiger partial charge in [0.15, 0.2) is 0 Å². The normalized spacial score (nSPS) is 22.8. The van der Waals surface area contributed by atoms with E-state index in [0.29, 0.717) is 10.2 Å². The van der Waals surface area contributed by atoms with E-state index in [1.807, 2.05) is 19.9 Å². The molecule has 1 N–H and O–H groups in total. The fourth-order valence-electron chi connectivity index (χ4n) is 1.83. The van der Waals surface area contributed by atoms with Crippen molar-refractivity contribution < 1.29 is 9.90 Å². The Labute approximate surface area is 119 Å². The predicted molar refractivity (Wildman–Crippen MR) is 80.6 cm³/mol. The van der Waals surface area contributed by atoms with Gasteiger partial charge in [-0.1, -0.05) is 43.9 Å². The lowest BCUT2D eigenvalue weighted by Gasteiger charge is -2.27. The summed E-state index contributed by atoms with van der Waals surface area (Å²) < 4.78 is 0.643. The SMILES string of the molecule is C/C=C(/C)C(O)CC(=O)N1C(=S)SCC1C(C)C. The number of carbonyl (C=O) groups is 1. The smallest absolute Gasteiger partial charge is 0.231 e. The third-order valence-electron chi connectivity index (χ3n) is 3.29. The molecule has 0 aromatic heterocycles. The molecule has 0 aromatic rings. The number of hydrogen-bond acceptors (Lipinski definition) is 4. The average molecular weight is 287 g/mol. The number of hydrogen-bond donors (Lipinski definition) is 1. The molecule has 1 fully saturated rings. The van der Waals surface area contributed by atoms with Crippen molar-refractivity contribution in [3.63, 3.8) is 0 Å². The van der Waals surface area contributed by atoms with Gasteiger partial charge in [-0.15, -0.1) is 0 Å². The van der Waals surface area contributed by atoms with Crippen molar-refractivity contribution in [2.24, 2.45) is 5.92 Å². The quantitative estimate of drug-likeness (QED) is 0.637. The van der Waals surface area contributed by atoms with Crippen molar-refractivity contribution in [2.75, 3.05) is 5.75 Å². The summed E-state index contributed by atoms with van der Waals surface area (Å²) in [6.45, 7) is 7.87. The third-order valence-corrected chi connectivity index (χ3v) is 4.80. The maximum atomic E-state index is 12.2. The first-order valence-electron chi connectivity index (χ1n) is 6.18. The monoisotopic (exact) mass is 287 g/mol. The van der Waals surface area contributed by atoms with Gasteiger partial charge in [-0.3, -0.25) is 9.69 Å². The molecule has 1 aliphatic rings. The Kier molecular flexibility index (Phi) is 5.82. The Balaban J connectivity index is 2.73. The van der Waals surface area contributed by atoms with E-state index in [-0.39, 0.29) is 18.4 Å². The third kappa shape index (κ3) is 3.56. The highest BCUT2D eigenvalue weighted by Gasteiger charge is 2.36. The van der Waals surface area contributed by atoms with Crippen molar-refractivity contribution in [3.05, 3.63) is 11.6 Å². The Morgan fingerprint density at radius 1 is 1.67 bits per heavy atom. The Bertz CT molecular complexity index is 366. The van der Waals surface area contributed by atoms with Crippen molar-refractivity contribution in [3.8, 4) is 0 Å². The van der Waals surface area contributed by atoms with E-state index in [0.717, 1.165) is 11.3 Å². The topological polar surface area (TPSA) is 40.5 Å². The number of carbonyl (C=O) groups excluding carboxylic acids is 1. The molecule has 0 radical (unpaired) electrons. The molecule has 1 amide bonds. The van der Waals surface area contributed by atoms with Crippen LogP contribution in [0.2, 0.25) is 0 Å². The number of aliphatic hydroxyl groups is 1. The van der Waals surface area contributed by atoms with Gasteiger partial charge in [0.1, 0.15) is 4.32 Å². The second-order valence-corrected chi connectivity index (χ2v) is 6.56. The first-order chi connectivity index (χ1) is 8.38. The van der Waals surface area contributed by atoms with Gasteiger partial charge in [0, 0.05) is 11.8 Å². The molecule has 2 unspecified atom stereocenters. The molecule has 18 heavy (non-hydrogen) atoms. The number of amides is 1. The van der Waals surface area contributed by atoms with Gasteiger partial charge in [0.25, 0.3) is 0 Å². The lowest BCUT2D eigenvalue weighted by Crippen LogP contribution is -2.42. The largest absolute Gasteiger partial charge is 0.388 e. The van der Waals surface area contributed by atoms with E-state index in [2.05, 4.69) is 13.8 Å². The van der Waals surface area contributed by atoms with Gasteiger partial charge in [0.05, 0.1) is 12.5 Å². The fraction of sp³-hybridized carbons (Fsp3) is 0.692. The van der Waals surface area contributed by atoms with Crippen LogP contribution in [-0.4, -0.2) is 38.1 Å². The van der Waals surface area contributed by atoms with Crippen LogP contribution in [0.25, 0.3) is 0 Å². The standard InChI is InChI=1S/C13H21NO2S2/c1-5-9(4)11(15)6-12(16)14-10(8(2)3)7-18-13(14)17/h5,8,10-11,15H,6-7H2,1-4H3/b9-5-. The Morgan fingerprint density at radius 2 is 2.28 bits per heavy atom. The van der Waals surface area contributed by atoms with Gasteiger partial charge >= 0.3 is 0 Å². The minimum Gasteiger partial charge on any atom is -0.388 e. The van der Waals surface area contributed by atoms with Crippen LogP contribution >= 0.6 is 24.0 Å². The van der Waals surface area contributed by atoms with Crippen molar-refractivity contribution >= 4 is 34.2 Å². The van der Waals surface area contributed by atoms with Crippen LogP contribution in [0, 0.1) is 5.92 Å². The highest BCUT2D eigenvalue weighted by molar-refractivity contribution is 8.23. The van der Waals surface area contributed by atoms with Crippen LogP contribution in [0.1, 0.15) is 34.1 Å². The highest BCUT2D eigenvalue weighted by atomic mass is 32.2. The molecule has 102 valence electrons. The van der Waals surface area contributed by atoms with E-state index >= 15 is 0 Å². The molecular formula is C13H21NO2S2. The maximum absolute atomic E-state index is 12.2. The van der Waals surface area contributed by atoms with Crippen molar-refractivity contribution in [2.45, 2.75) is 46.3 Å². The van der Waals surface area contributed by atoms with Crippen LogP contribution in [0.5, 0.6) is 0 Å². The zero-order valence-corrected chi connectivity index (χ0v) is 13.0. The second kappa shape index (κ2) is 6.68. The van der Waals surface area contributed by atoms with E-state index in [9.17, 15) is 9.90 Å². The number of allylic oxidation sites excluding steroid dienone is 1. The lowest BCUT2D eigenvalue weighted by atomic mass is 10.0. The Morgan fingerprint density at radius 3 is 2.78 bits per heavy atom. The molecule has 0 spiro atoms. The van der Waals surface area contributed by atoms with Gasteiger partial charge in [-0.05, 0) is 25.3 Å². The molecule has 0 bridgehead atoms. The first kappa shape index (κ1) is 15.7. The number of aliphatic hydroxyl groups excluding tert-OH is 1. The summed E-state index contributed by atoms with van der Waals surface area (Å²) in [5, 5.41) is 9.89. The molecule has 0 aromatic carbocycles. The van der Waals surface area contributed by atoms with Crippen LogP contribution in [-0.2, 0) is 4.79 Å². The first-order valence-corrected chi connectivity index (χ1v) is 7.57. The molecule has 5 heteroatoms. The van der Waals surface area contributed by atoms with Crippen LogP contribution in [0.3, 0.4) is 0 Å². The summed E-state index contributed by atoms with van der Waals surface area (Å²) in [4.78, 5) is 13.9. The van der Waals surface area contributed by atoms with Gasteiger partial charge in [0.2, 0.25) is 5.91 Å². The number of thiocarbonyl (C=S) groups is 1. The molecule has 0 saturated carbocycles.